The number of hydrogen-bond donors (Lipinski definition) is 2. The Balaban J connectivity index is 1.40. The van der Waals surface area contributed by atoms with Crippen molar-refractivity contribution >= 4 is 22.9 Å². The Morgan fingerprint density at radius 3 is 2.89 bits per heavy atom. The van der Waals surface area contributed by atoms with E-state index < -0.39 is 0 Å². The monoisotopic (exact) mass is 466 g/mol. The molecule has 1 aliphatic carbocycles. The van der Waals surface area contributed by atoms with Gasteiger partial charge in [0.15, 0.2) is 0 Å². The fraction of sp³-hybridized carbons (Fsp3) is 0.233. The van der Waals surface area contributed by atoms with Gasteiger partial charge in [0.1, 0.15) is 5.75 Å². The van der Waals surface area contributed by atoms with Crippen molar-refractivity contribution in [1.82, 2.24) is 9.88 Å². The molecule has 0 fully saturated rings. The molecule has 0 saturated carbocycles. The maximum absolute atomic E-state index is 11.5. The first-order valence-corrected chi connectivity index (χ1v) is 12.1. The highest BCUT2D eigenvalue weighted by Gasteiger charge is 2.28. The molecule has 0 saturated heterocycles. The number of fused-ring (bicyclic) bond motifs is 2. The number of carbonyl (C=O) groups is 1. The van der Waals surface area contributed by atoms with E-state index in [0.29, 0.717) is 11.8 Å². The summed E-state index contributed by atoms with van der Waals surface area (Å²) in [5, 5.41) is 11.3. The topological polar surface area (TPSA) is 65.6 Å². The molecule has 0 aliphatic heterocycles. The molecule has 0 amide bonds. The quantitative estimate of drug-likeness (QED) is 0.255. The first kappa shape index (κ1) is 22.9. The maximum Gasteiger partial charge on any atom is 0.330 e. The van der Waals surface area contributed by atoms with Crippen LogP contribution in [0.4, 0.5) is 0 Å². The SMILES string of the molecule is COC(=O)/C=C/c1ccc2c(c1)CCC2N(CCc1c[nH]c2ccccc12)Cc1cccc(O)c1. The van der Waals surface area contributed by atoms with Crippen LogP contribution < -0.4 is 0 Å². The summed E-state index contributed by atoms with van der Waals surface area (Å²) in [6.07, 6.45) is 8.38. The molecule has 5 nitrogen and oxygen atoms in total. The standard InChI is InChI=1S/C30H30N2O3/c1-35-30(34)14-10-21-9-12-27-23(17-21)11-13-29(27)32(20-22-5-4-6-25(33)18-22)16-15-24-19-31-28-8-3-2-7-26(24)28/h2-10,12,14,17-19,29,31,33H,11,13,15-16,20H2,1H3/b14-10+. The van der Waals surface area contributed by atoms with Crippen molar-refractivity contribution in [1.29, 1.82) is 0 Å². The Kier molecular flexibility index (Phi) is 6.68. The van der Waals surface area contributed by atoms with Crippen LogP contribution >= 0.6 is 0 Å². The van der Waals surface area contributed by atoms with Gasteiger partial charge in [-0.25, -0.2) is 4.79 Å². The first-order valence-electron chi connectivity index (χ1n) is 12.1. The first-order chi connectivity index (χ1) is 17.1. The van der Waals surface area contributed by atoms with Crippen molar-refractivity contribution in [2.45, 2.75) is 31.8 Å². The zero-order chi connectivity index (χ0) is 24.2. The number of aryl methyl sites for hydroxylation is 1. The second-order valence-corrected chi connectivity index (χ2v) is 9.12. The molecule has 0 spiro atoms. The number of carbonyl (C=O) groups excluding carboxylic acids is 1. The highest BCUT2D eigenvalue weighted by Crippen LogP contribution is 2.37. The minimum Gasteiger partial charge on any atom is -0.508 e. The van der Waals surface area contributed by atoms with Crippen LogP contribution in [-0.4, -0.2) is 34.6 Å². The van der Waals surface area contributed by atoms with Crippen LogP contribution in [0.3, 0.4) is 0 Å². The lowest BCUT2D eigenvalue weighted by Crippen LogP contribution is -2.29. The third-order valence-electron chi connectivity index (χ3n) is 6.91. The van der Waals surface area contributed by atoms with Gasteiger partial charge in [0.05, 0.1) is 7.11 Å². The third-order valence-corrected chi connectivity index (χ3v) is 6.91. The van der Waals surface area contributed by atoms with Crippen molar-refractivity contribution in [2.75, 3.05) is 13.7 Å². The molecule has 2 N–H and O–H groups in total. The smallest absolute Gasteiger partial charge is 0.330 e. The summed E-state index contributed by atoms with van der Waals surface area (Å²) < 4.78 is 4.71. The Hall–Kier alpha value is -3.83. The number of nitrogens with one attached hydrogen (secondary N) is 1. The van der Waals surface area contributed by atoms with Gasteiger partial charge in [-0.2, -0.15) is 0 Å². The number of aromatic nitrogens is 1. The number of aromatic amines is 1. The molecule has 5 heteroatoms. The number of rotatable bonds is 8. The summed E-state index contributed by atoms with van der Waals surface area (Å²) in [7, 11) is 1.39. The van der Waals surface area contributed by atoms with Gasteiger partial charge in [-0.05, 0) is 71.4 Å². The molecule has 1 unspecified atom stereocenters. The van der Waals surface area contributed by atoms with E-state index in [1.165, 1.54) is 40.8 Å². The van der Waals surface area contributed by atoms with Crippen LogP contribution in [0, 0.1) is 0 Å². The molecule has 1 atom stereocenters. The van der Waals surface area contributed by atoms with Gasteiger partial charge in [0.25, 0.3) is 0 Å². The van der Waals surface area contributed by atoms with Crippen LogP contribution in [0.5, 0.6) is 5.75 Å². The van der Waals surface area contributed by atoms with Gasteiger partial charge >= 0.3 is 5.97 Å². The number of para-hydroxylation sites is 1. The normalized spacial score (nSPS) is 15.2. The Bertz CT molecular complexity index is 1370. The zero-order valence-corrected chi connectivity index (χ0v) is 19.9. The van der Waals surface area contributed by atoms with E-state index in [9.17, 15) is 9.90 Å². The lowest BCUT2D eigenvalue weighted by atomic mass is 10.0. The summed E-state index contributed by atoms with van der Waals surface area (Å²) in [4.78, 5) is 17.4. The van der Waals surface area contributed by atoms with Crippen molar-refractivity contribution in [3.63, 3.8) is 0 Å². The molecular formula is C30H30N2O3. The second kappa shape index (κ2) is 10.2. The van der Waals surface area contributed by atoms with E-state index in [-0.39, 0.29) is 5.97 Å². The van der Waals surface area contributed by atoms with E-state index in [2.05, 4.69) is 64.6 Å². The Morgan fingerprint density at radius 2 is 2.03 bits per heavy atom. The summed E-state index contributed by atoms with van der Waals surface area (Å²) in [6.45, 7) is 1.68. The minimum absolute atomic E-state index is 0.299. The molecular weight excluding hydrogens is 436 g/mol. The number of nitrogens with zero attached hydrogens (tertiary/aromatic N) is 1. The predicted molar refractivity (Wildman–Crippen MR) is 139 cm³/mol. The molecule has 1 aromatic heterocycles. The van der Waals surface area contributed by atoms with Gasteiger partial charge < -0.3 is 14.8 Å². The van der Waals surface area contributed by atoms with Crippen LogP contribution in [0.25, 0.3) is 17.0 Å². The van der Waals surface area contributed by atoms with Crippen LogP contribution in [0.15, 0.2) is 79.0 Å². The number of phenolic OH excluding ortho intramolecular Hbond substituents is 1. The number of ether oxygens (including phenoxy) is 1. The van der Waals surface area contributed by atoms with Crippen molar-refractivity contribution < 1.29 is 14.6 Å². The van der Waals surface area contributed by atoms with Crippen molar-refractivity contribution in [2.24, 2.45) is 0 Å². The summed E-state index contributed by atoms with van der Waals surface area (Å²) in [6, 6.07) is 22.7. The highest BCUT2D eigenvalue weighted by molar-refractivity contribution is 5.87. The molecule has 1 heterocycles. The molecule has 0 radical (unpaired) electrons. The number of esters is 1. The highest BCUT2D eigenvalue weighted by atomic mass is 16.5. The predicted octanol–water partition coefficient (Wildman–Crippen LogP) is 5.79. The Labute approximate surface area is 205 Å². The van der Waals surface area contributed by atoms with Crippen LogP contribution in [0.2, 0.25) is 0 Å². The van der Waals surface area contributed by atoms with Gasteiger partial charge in [0.2, 0.25) is 0 Å². The maximum atomic E-state index is 11.5. The van der Waals surface area contributed by atoms with E-state index in [0.717, 1.165) is 43.5 Å². The zero-order valence-electron chi connectivity index (χ0n) is 19.9. The number of H-pyrrole nitrogens is 1. The van der Waals surface area contributed by atoms with E-state index in [4.69, 9.17) is 4.74 Å². The molecule has 35 heavy (non-hydrogen) atoms. The number of phenols is 1. The average Bonchev–Trinajstić information content (AvgIpc) is 3.49. The third kappa shape index (κ3) is 5.15. The summed E-state index contributed by atoms with van der Waals surface area (Å²) in [5.74, 6) is -0.0501. The van der Waals surface area contributed by atoms with E-state index in [1.807, 2.05) is 12.1 Å². The summed E-state index contributed by atoms with van der Waals surface area (Å²) in [5.41, 5.74) is 7.28. The second-order valence-electron chi connectivity index (χ2n) is 9.12. The van der Waals surface area contributed by atoms with Gasteiger partial charge in [-0.3, -0.25) is 4.90 Å². The van der Waals surface area contributed by atoms with Crippen molar-refractivity contribution in [3.05, 3.63) is 107 Å². The number of methoxy groups -OCH3 is 1. The largest absolute Gasteiger partial charge is 0.508 e. The molecule has 0 bridgehead atoms. The van der Waals surface area contributed by atoms with Gasteiger partial charge in [0, 0.05) is 42.3 Å². The van der Waals surface area contributed by atoms with E-state index >= 15 is 0 Å². The van der Waals surface area contributed by atoms with E-state index in [1.54, 1.807) is 12.1 Å². The van der Waals surface area contributed by atoms with Crippen LogP contribution in [-0.2, 0) is 28.9 Å². The lowest BCUT2D eigenvalue weighted by Gasteiger charge is -2.30. The molecule has 4 aromatic rings. The minimum atomic E-state index is -0.349. The number of hydrogen-bond acceptors (Lipinski definition) is 4. The summed E-state index contributed by atoms with van der Waals surface area (Å²) >= 11 is 0. The lowest BCUT2D eigenvalue weighted by molar-refractivity contribution is -0.134. The van der Waals surface area contributed by atoms with Gasteiger partial charge in [-0.1, -0.05) is 48.5 Å². The number of aromatic hydroxyl groups is 1. The molecule has 3 aromatic carbocycles. The fourth-order valence-corrected chi connectivity index (χ4v) is 5.17. The molecule has 5 rings (SSSR count). The van der Waals surface area contributed by atoms with Crippen molar-refractivity contribution in [3.8, 4) is 5.75 Å². The number of benzene rings is 3. The Morgan fingerprint density at radius 1 is 1.14 bits per heavy atom. The fourth-order valence-electron chi connectivity index (χ4n) is 5.17. The molecule has 178 valence electrons. The average molecular weight is 467 g/mol. The molecule has 1 aliphatic rings. The van der Waals surface area contributed by atoms with Gasteiger partial charge in [-0.15, -0.1) is 0 Å². The van der Waals surface area contributed by atoms with Crippen LogP contribution in [0.1, 0.15) is 40.3 Å².